The van der Waals surface area contributed by atoms with Crippen molar-refractivity contribution >= 4 is 33.1 Å². The SMILES string of the molecule is COc1ccc(COc2ccc(Br)cc2C(N)=S)c(F)c1. The summed E-state index contributed by atoms with van der Waals surface area (Å²) in [6.45, 7) is 0.0765. The van der Waals surface area contributed by atoms with Gasteiger partial charge in [-0.25, -0.2) is 4.39 Å². The van der Waals surface area contributed by atoms with Crippen LogP contribution in [-0.2, 0) is 6.61 Å². The number of halogens is 2. The van der Waals surface area contributed by atoms with E-state index in [1.165, 1.54) is 13.2 Å². The van der Waals surface area contributed by atoms with Crippen LogP contribution in [0.3, 0.4) is 0 Å². The van der Waals surface area contributed by atoms with Crippen molar-refractivity contribution in [2.75, 3.05) is 7.11 Å². The van der Waals surface area contributed by atoms with Gasteiger partial charge in [-0.1, -0.05) is 28.1 Å². The third-order valence-electron chi connectivity index (χ3n) is 2.85. The maximum atomic E-state index is 13.8. The number of hydrogen-bond donors (Lipinski definition) is 1. The molecule has 21 heavy (non-hydrogen) atoms. The Morgan fingerprint density at radius 1 is 1.29 bits per heavy atom. The van der Waals surface area contributed by atoms with Crippen molar-refractivity contribution in [3.63, 3.8) is 0 Å². The van der Waals surface area contributed by atoms with Crippen LogP contribution in [0.4, 0.5) is 4.39 Å². The lowest BCUT2D eigenvalue weighted by Gasteiger charge is -2.12. The van der Waals surface area contributed by atoms with Gasteiger partial charge >= 0.3 is 0 Å². The van der Waals surface area contributed by atoms with Gasteiger partial charge < -0.3 is 15.2 Å². The van der Waals surface area contributed by atoms with Crippen LogP contribution < -0.4 is 15.2 Å². The minimum Gasteiger partial charge on any atom is -0.497 e. The molecule has 0 saturated carbocycles. The molecule has 0 spiro atoms. The molecule has 3 nitrogen and oxygen atoms in total. The molecule has 0 aliphatic rings. The van der Waals surface area contributed by atoms with Crippen molar-refractivity contribution < 1.29 is 13.9 Å². The molecule has 0 fully saturated rings. The Hall–Kier alpha value is -1.66. The summed E-state index contributed by atoms with van der Waals surface area (Å²) in [6.07, 6.45) is 0. The van der Waals surface area contributed by atoms with Gasteiger partial charge in [0, 0.05) is 16.1 Å². The zero-order chi connectivity index (χ0) is 15.4. The molecule has 2 aromatic rings. The molecule has 110 valence electrons. The maximum absolute atomic E-state index is 13.8. The van der Waals surface area contributed by atoms with Gasteiger partial charge in [-0.05, 0) is 30.3 Å². The summed E-state index contributed by atoms with van der Waals surface area (Å²) < 4.78 is 25.3. The van der Waals surface area contributed by atoms with Crippen LogP contribution >= 0.6 is 28.1 Å². The van der Waals surface area contributed by atoms with E-state index >= 15 is 0 Å². The first-order valence-electron chi connectivity index (χ1n) is 6.06. The van der Waals surface area contributed by atoms with Crippen molar-refractivity contribution in [3.05, 3.63) is 57.8 Å². The molecule has 2 aromatic carbocycles. The van der Waals surface area contributed by atoms with Crippen molar-refractivity contribution in [3.8, 4) is 11.5 Å². The van der Waals surface area contributed by atoms with E-state index in [0.29, 0.717) is 22.6 Å². The van der Waals surface area contributed by atoms with Gasteiger partial charge in [-0.3, -0.25) is 0 Å². The van der Waals surface area contributed by atoms with E-state index in [0.717, 1.165) is 4.47 Å². The lowest BCUT2D eigenvalue weighted by molar-refractivity contribution is 0.298. The Labute approximate surface area is 136 Å². The van der Waals surface area contributed by atoms with Crippen molar-refractivity contribution in [2.45, 2.75) is 6.61 Å². The van der Waals surface area contributed by atoms with Gasteiger partial charge in [-0.2, -0.15) is 0 Å². The van der Waals surface area contributed by atoms with Gasteiger partial charge in [0.15, 0.2) is 0 Å². The molecule has 0 unspecified atom stereocenters. The zero-order valence-electron chi connectivity index (χ0n) is 11.2. The summed E-state index contributed by atoms with van der Waals surface area (Å²) in [5.41, 5.74) is 6.69. The topological polar surface area (TPSA) is 44.5 Å². The first kappa shape index (κ1) is 15.7. The van der Waals surface area contributed by atoms with Crippen LogP contribution in [0.1, 0.15) is 11.1 Å². The Bertz CT molecular complexity index is 679. The van der Waals surface area contributed by atoms with Crippen LogP contribution in [0.15, 0.2) is 40.9 Å². The third kappa shape index (κ3) is 3.92. The second kappa shape index (κ2) is 6.87. The van der Waals surface area contributed by atoms with Crippen LogP contribution in [0, 0.1) is 5.82 Å². The fourth-order valence-corrected chi connectivity index (χ4v) is 2.27. The van der Waals surface area contributed by atoms with E-state index < -0.39 is 0 Å². The largest absolute Gasteiger partial charge is 0.497 e. The molecule has 0 heterocycles. The molecule has 0 amide bonds. The predicted molar refractivity (Wildman–Crippen MR) is 87.3 cm³/mol. The van der Waals surface area contributed by atoms with Gasteiger partial charge in [0.25, 0.3) is 0 Å². The summed E-state index contributed by atoms with van der Waals surface area (Å²) in [7, 11) is 1.49. The van der Waals surface area contributed by atoms with Gasteiger partial charge in [0.1, 0.15) is 28.9 Å². The quantitative estimate of drug-likeness (QED) is 0.813. The Morgan fingerprint density at radius 2 is 2.05 bits per heavy atom. The van der Waals surface area contributed by atoms with Gasteiger partial charge in [0.2, 0.25) is 0 Å². The molecule has 2 rings (SSSR count). The van der Waals surface area contributed by atoms with E-state index in [2.05, 4.69) is 15.9 Å². The number of nitrogens with two attached hydrogens (primary N) is 1. The van der Waals surface area contributed by atoms with Crippen molar-refractivity contribution in [2.24, 2.45) is 5.73 Å². The molecular formula is C15H13BrFNO2S. The fraction of sp³-hybridized carbons (Fsp3) is 0.133. The van der Waals surface area contributed by atoms with E-state index in [-0.39, 0.29) is 17.4 Å². The Kier molecular flexibility index (Phi) is 5.14. The molecule has 0 saturated heterocycles. The normalized spacial score (nSPS) is 10.2. The minimum atomic E-state index is -0.386. The zero-order valence-corrected chi connectivity index (χ0v) is 13.6. The van der Waals surface area contributed by atoms with E-state index in [1.54, 1.807) is 24.3 Å². The van der Waals surface area contributed by atoms with Gasteiger partial charge in [-0.15, -0.1) is 0 Å². The third-order valence-corrected chi connectivity index (χ3v) is 3.56. The number of thiocarbonyl (C=S) groups is 1. The monoisotopic (exact) mass is 369 g/mol. The second-order valence-electron chi connectivity index (χ2n) is 4.25. The van der Waals surface area contributed by atoms with Crippen molar-refractivity contribution in [1.82, 2.24) is 0 Å². The molecule has 0 radical (unpaired) electrons. The predicted octanol–water partition coefficient (Wildman–Crippen LogP) is 3.81. The highest BCUT2D eigenvalue weighted by Crippen LogP contribution is 2.25. The first-order chi connectivity index (χ1) is 10.0. The minimum absolute atomic E-state index is 0.0765. The Morgan fingerprint density at radius 3 is 2.67 bits per heavy atom. The van der Waals surface area contributed by atoms with Crippen molar-refractivity contribution in [1.29, 1.82) is 0 Å². The maximum Gasteiger partial charge on any atom is 0.133 e. The van der Waals surface area contributed by atoms with Crippen LogP contribution in [-0.4, -0.2) is 12.1 Å². The lowest BCUT2D eigenvalue weighted by atomic mass is 10.2. The highest BCUT2D eigenvalue weighted by atomic mass is 79.9. The fourth-order valence-electron chi connectivity index (χ4n) is 1.75. The standard InChI is InChI=1S/C15H13BrFNO2S/c1-19-11-4-2-9(13(17)7-11)8-20-14-5-3-10(16)6-12(14)15(18)21/h2-7H,8H2,1H3,(H2,18,21). The lowest BCUT2D eigenvalue weighted by Crippen LogP contribution is -2.12. The average Bonchev–Trinajstić information content (AvgIpc) is 2.46. The van der Waals surface area contributed by atoms with E-state index in [1.807, 2.05) is 6.07 Å². The van der Waals surface area contributed by atoms with E-state index in [9.17, 15) is 4.39 Å². The molecule has 0 atom stereocenters. The summed E-state index contributed by atoms with van der Waals surface area (Å²) in [5.74, 6) is 0.591. The van der Waals surface area contributed by atoms with E-state index in [4.69, 9.17) is 27.4 Å². The van der Waals surface area contributed by atoms with Crippen LogP contribution in [0.2, 0.25) is 0 Å². The average molecular weight is 370 g/mol. The summed E-state index contributed by atoms with van der Waals surface area (Å²) >= 11 is 8.33. The first-order valence-corrected chi connectivity index (χ1v) is 7.26. The molecular weight excluding hydrogens is 357 g/mol. The second-order valence-corrected chi connectivity index (χ2v) is 5.61. The summed E-state index contributed by atoms with van der Waals surface area (Å²) in [5, 5.41) is 0. The summed E-state index contributed by atoms with van der Waals surface area (Å²) in [4.78, 5) is 0.224. The number of ether oxygens (including phenoxy) is 2. The van der Waals surface area contributed by atoms with Crippen LogP contribution in [0.25, 0.3) is 0 Å². The highest BCUT2D eigenvalue weighted by molar-refractivity contribution is 9.10. The molecule has 6 heteroatoms. The molecule has 0 aliphatic carbocycles. The smallest absolute Gasteiger partial charge is 0.133 e. The highest BCUT2D eigenvalue weighted by Gasteiger charge is 2.10. The molecule has 0 bridgehead atoms. The molecule has 2 N–H and O–H groups in total. The number of rotatable bonds is 5. The van der Waals surface area contributed by atoms with Crippen LogP contribution in [0.5, 0.6) is 11.5 Å². The molecule has 0 aliphatic heterocycles. The molecule has 0 aromatic heterocycles. The number of hydrogen-bond acceptors (Lipinski definition) is 3. The Balaban J connectivity index is 2.18. The van der Waals surface area contributed by atoms with Gasteiger partial charge in [0.05, 0.1) is 12.7 Å². The summed E-state index contributed by atoms with van der Waals surface area (Å²) in [6, 6.07) is 9.92. The number of methoxy groups -OCH3 is 1. The number of benzene rings is 2.